The largest absolute Gasteiger partial charge is 0.496 e. The number of amides is 1. The average Bonchev–Trinajstić information content (AvgIpc) is 2.66. The van der Waals surface area contributed by atoms with Crippen LogP contribution in [0.4, 0.5) is 11.4 Å². The number of anilines is 1. The first-order valence-electron chi connectivity index (χ1n) is 7.97. The van der Waals surface area contributed by atoms with Crippen molar-refractivity contribution in [1.82, 2.24) is 0 Å². The number of carbonyl (C=O) groups is 2. The molecule has 2 aromatic carbocycles. The number of hydrogen-bond donors (Lipinski definition) is 1. The summed E-state index contributed by atoms with van der Waals surface area (Å²) in [5.74, 6) is -0.937. The zero-order chi connectivity index (χ0) is 19.8. The lowest BCUT2D eigenvalue weighted by Gasteiger charge is -2.11. The van der Waals surface area contributed by atoms with Gasteiger partial charge in [0.1, 0.15) is 5.75 Å². The van der Waals surface area contributed by atoms with Crippen LogP contribution in [0.1, 0.15) is 17.3 Å². The number of esters is 1. The minimum Gasteiger partial charge on any atom is -0.496 e. The minimum absolute atomic E-state index is 0.0744. The molecule has 0 spiro atoms. The van der Waals surface area contributed by atoms with Crippen LogP contribution in [0.5, 0.6) is 11.5 Å². The molecule has 0 saturated heterocycles. The van der Waals surface area contributed by atoms with E-state index in [2.05, 4.69) is 5.32 Å². The highest BCUT2D eigenvalue weighted by atomic mass is 16.6. The van der Waals surface area contributed by atoms with Crippen LogP contribution < -0.4 is 14.8 Å². The Balaban J connectivity index is 2.08. The molecule has 0 atom stereocenters. The fourth-order valence-corrected chi connectivity index (χ4v) is 2.20. The maximum atomic E-state index is 12.1. The van der Waals surface area contributed by atoms with Crippen LogP contribution >= 0.6 is 0 Å². The van der Waals surface area contributed by atoms with Gasteiger partial charge in [-0.3, -0.25) is 14.9 Å². The molecule has 0 radical (unpaired) electrons. The second-order valence-corrected chi connectivity index (χ2v) is 5.19. The molecule has 2 rings (SSSR count). The van der Waals surface area contributed by atoms with Gasteiger partial charge in [0.15, 0.2) is 12.4 Å². The number of methoxy groups -OCH3 is 1. The smallest absolute Gasteiger partial charge is 0.340 e. The summed E-state index contributed by atoms with van der Waals surface area (Å²) in [6, 6.07) is 10.4. The molecule has 0 aliphatic rings. The summed E-state index contributed by atoms with van der Waals surface area (Å²) in [4.78, 5) is 34.5. The maximum Gasteiger partial charge on any atom is 0.340 e. The molecular formula is C18H18N2O7. The molecule has 0 aliphatic carbocycles. The van der Waals surface area contributed by atoms with Gasteiger partial charge in [-0.25, -0.2) is 4.79 Å². The second-order valence-electron chi connectivity index (χ2n) is 5.19. The molecule has 0 unspecified atom stereocenters. The van der Waals surface area contributed by atoms with Crippen molar-refractivity contribution in [3.8, 4) is 11.5 Å². The van der Waals surface area contributed by atoms with Crippen molar-refractivity contribution < 1.29 is 28.7 Å². The fourth-order valence-electron chi connectivity index (χ4n) is 2.20. The van der Waals surface area contributed by atoms with Crippen molar-refractivity contribution in [1.29, 1.82) is 0 Å². The quantitative estimate of drug-likeness (QED) is 0.429. The molecular weight excluding hydrogens is 356 g/mol. The fraction of sp³-hybridized carbons (Fsp3) is 0.222. The molecule has 0 aliphatic heterocycles. The van der Waals surface area contributed by atoms with Gasteiger partial charge < -0.3 is 19.5 Å². The summed E-state index contributed by atoms with van der Waals surface area (Å²) in [5.41, 5.74) is 0.131. The maximum absolute atomic E-state index is 12.1. The van der Waals surface area contributed by atoms with Gasteiger partial charge in [0.05, 0.1) is 36.0 Å². The van der Waals surface area contributed by atoms with E-state index >= 15 is 0 Å². The minimum atomic E-state index is -0.633. The first-order valence-corrected chi connectivity index (χ1v) is 7.97. The summed E-state index contributed by atoms with van der Waals surface area (Å²) >= 11 is 0. The summed E-state index contributed by atoms with van der Waals surface area (Å²) in [7, 11) is 1.38. The molecule has 9 heteroatoms. The molecule has 0 aromatic heterocycles. The zero-order valence-corrected chi connectivity index (χ0v) is 14.8. The molecule has 0 heterocycles. The van der Waals surface area contributed by atoms with Crippen molar-refractivity contribution >= 4 is 23.3 Å². The SMILES string of the molecule is CCOC(=O)c1ccccc1NC(=O)COc1ccc(OC)cc1[N+](=O)[O-]. The van der Waals surface area contributed by atoms with E-state index < -0.39 is 23.4 Å². The highest BCUT2D eigenvalue weighted by Crippen LogP contribution is 2.31. The predicted molar refractivity (Wildman–Crippen MR) is 96.2 cm³/mol. The molecule has 0 bridgehead atoms. The van der Waals surface area contributed by atoms with Crippen molar-refractivity contribution in [2.75, 3.05) is 25.6 Å². The number of benzene rings is 2. The molecule has 2 aromatic rings. The molecule has 1 amide bonds. The lowest BCUT2D eigenvalue weighted by molar-refractivity contribution is -0.385. The van der Waals surface area contributed by atoms with Gasteiger partial charge in [0.2, 0.25) is 0 Å². The lowest BCUT2D eigenvalue weighted by Crippen LogP contribution is -2.22. The van der Waals surface area contributed by atoms with Crippen LogP contribution in [-0.4, -0.2) is 37.1 Å². The number of nitro groups is 1. The molecule has 1 N–H and O–H groups in total. The first-order chi connectivity index (χ1) is 13.0. The number of nitro benzene ring substituents is 1. The zero-order valence-electron chi connectivity index (χ0n) is 14.8. The number of carbonyl (C=O) groups excluding carboxylic acids is 2. The average molecular weight is 374 g/mol. The highest BCUT2D eigenvalue weighted by Gasteiger charge is 2.19. The summed E-state index contributed by atoms with van der Waals surface area (Å²) < 4.78 is 15.1. The van der Waals surface area contributed by atoms with Gasteiger partial charge >= 0.3 is 11.7 Å². The number of para-hydroxylation sites is 1. The van der Waals surface area contributed by atoms with E-state index in [0.29, 0.717) is 5.75 Å². The van der Waals surface area contributed by atoms with Gasteiger partial charge in [0, 0.05) is 0 Å². The Hall–Kier alpha value is -3.62. The summed E-state index contributed by atoms with van der Waals surface area (Å²) in [5, 5.41) is 13.7. The van der Waals surface area contributed by atoms with E-state index in [1.165, 1.54) is 31.4 Å². The van der Waals surface area contributed by atoms with E-state index in [9.17, 15) is 19.7 Å². The van der Waals surface area contributed by atoms with Crippen molar-refractivity contribution in [3.05, 3.63) is 58.1 Å². The molecule has 0 fully saturated rings. The Morgan fingerprint density at radius 1 is 1.19 bits per heavy atom. The monoisotopic (exact) mass is 374 g/mol. The lowest BCUT2D eigenvalue weighted by atomic mass is 10.2. The van der Waals surface area contributed by atoms with Crippen molar-refractivity contribution in [2.45, 2.75) is 6.92 Å². The van der Waals surface area contributed by atoms with Crippen LogP contribution in [0, 0.1) is 10.1 Å². The van der Waals surface area contributed by atoms with E-state index in [1.54, 1.807) is 25.1 Å². The normalized spacial score (nSPS) is 10.0. The predicted octanol–water partition coefficient (Wildman–Crippen LogP) is 2.80. The number of hydrogen-bond acceptors (Lipinski definition) is 7. The van der Waals surface area contributed by atoms with E-state index in [-0.39, 0.29) is 29.3 Å². The van der Waals surface area contributed by atoms with Crippen molar-refractivity contribution in [2.24, 2.45) is 0 Å². The summed E-state index contributed by atoms with van der Waals surface area (Å²) in [6.45, 7) is 1.39. The van der Waals surface area contributed by atoms with Crippen LogP contribution in [0.2, 0.25) is 0 Å². The van der Waals surface area contributed by atoms with E-state index in [0.717, 1.165) is 0 Å². The summed E-state index contributed by atoms with van der Waals surface area (Å²) in [6.07, 6.45) is 0. The highest BCUT2D eigenvalue weighted by molar-refractivity contribution is 6.01. The first kappa shape index (κ1) is 19.7. The Kier molecular flexibility index (Phi) is 6.70. The topological polar surface area (TPSA) is 117 Å². The van der Waals surface area contributed by atoms with Crippen LogP contribution in [-0.2, 0) is 9.53 Å². The van der Waals surface area contributed by atoms with E-state index in [1.807, 2.05) is 0 Å². The number of nitrogens with zero attached hydrogens (tertiary/aromatic N) is 1. The Morgan fingerprint density at radius 2 is 1.93 bits per heavy atom. The van der Waals surface area contributed by atoms with Crippen molar-refractivity contribution in [3.63, 3.8) is 0 Å². The second kappa shape index (κ2) is 9.18. The molecule has 142 valence electrons. The molecule has 9 nitrogen and oxygen atoms in total. The van der Waals surface area contributed by atoms with Gasteiger partial charge in [0.25, 0.3) is 5.91 Å². The van der Waals surface area contributed by atoms with E-state index in [4.69, 9.17) is 14.2 Å². The van der Waals surface area contributed by atoms with Gasteiger partial charge in [-0.1, -0.05) is 12.1 Å². The molecule has 27 heavy (non-hydrogen) atoms. The third-order valence-corrected chi connectivity index (χ3v) is 3.42. The third-order valence-electron chi connectivity index (χ3n) is 3.42. The Labute approximate surface area is 155 Å². The standard InChI is InChI=1S/C18H18N2O7/c1-3-26-18(22)13-6-4-5-7-14(13)19-17(21)11-27-16-9-8-12(25-2)10-15(16)20(23)24/h4-10H,3,11H2,1-2H3,(H,19,21). The Bertz CT molecular complexity index is 851. The Morgan fingerprint density at radius 3 is 2.59 bits per heavy atom. The van der Waals surface area contributed by atoms with Gasteiger partial charge in [-0.05, 0) is 31.2 Å². The number of rotatable bonds is 8. The van der Waals surface area contributed by atoms with Gasteiger partial charge in [-0.15, -0.1) is 0 Å². The third kappa shape index (κ3) is 5.18. The van der Waals surface area contributed by atoms with Crippen LogP contribution in [0.15, 0.2) is 42.5 Å². The number of nitrogens with one attached hydrogen (secondary N) is 1. The van der Waals surface area contributed by atoms with Gasteiger partial charge in [-0.2, -0.15) is 0 Å². The molecule has 0 saturated carbocycles. The number of ether oxygens (including phenoxy) is 3. The van der Waals surface area contributed by atoms with Crippen LogP contribution in [0.25, 0.3) is 0 Å². The van der Waals surface area contributed by atoms with Crippen LogP contribution in [0.3, 0.4) is 0 Å².